The van der Waals surface area contributed by atoms with E-state index in [1.165, 1.54) is 24.3 Å². The number of amides is 3. The molecule has 2 heterocycles. The molecule has 0 radical (unpaired) electrons. The van der Waals surface area contributed by atoms with Crippen molar-refractivity contribution in [1.29, 1.82) is 0 Å². The second-order valence-corrected chi connectivity index (χ2v) is 8.24. The zero-order chi connectivity index (χ0) is 22.2. The van der Waals surface area contributed by atoms with Crippen LogP contribution in [0.5, 0.6) is 5.75 Å². The second-order valence-electron chi connectivity index (χ2n) is 8.24. The van der Waals surface area contributed by atoms with Gasteiger partial charge in [-0.2, -0.15) is 0 Å². The van der Waals surface area contributed by atoms with E-state index < -0.39 is 0 Å². The van der Waals surface area contributed by atoms with Gasteiger partial charge in [-0.25, -0.2) is 9.18 Å². The molecule has 2 aliphatic heterocycles. The van der Waals surface area contributed by atoms with E-state index in [1.54, 1.807) is 19.0 Å². The van der Waals surface area contributed by atoms with Crippen molar-refractivity contribution in [1.82, 2.24) is 20.0 Å². The normalized spacial score (nSPS) is 19.5. The first kappa shape index (κ1) is 23.3. The Hall–Kier alpha value is -2.39. The molecule has 9 heteroatoms. The Bertz CT molecular complexity index is 725. The molecule has 1 unspecified atom stereocenters. The predicted molar refractivity (Wildman–Crippen MR) is 115 cm³/mol. The van der Waals surface area contributed by atoms with Crippen molar-refractivity contribution in [2.45, 2.75) is 31.3 Å². The number of urea groups is 1. The molecule has 0 aliphatic carbocycles. The Kier molecular flexibility index (Phi) is 8.48. The molecule has 31 heavy (non-hydrogen) atoms. The van der Waals surface area contributed by atoms with Gasteiger partial charge in [0.1, 0.15) is 11.6 Å². The highest BCUT2D eigenvalue weighted by Gasteiger charge is 2.34. The van der Waals surface area contributed by atoms with Crippen LogP contribution in [0.15, 0.2) is 24.3 Å². The third-order valence-electron chi connectivity index (χ3n) is 5.82. The highest BCUT2D eigenvalue weighted by molar-refractivity contribution is 5.77. The Labute approximate surface area is 183 Å². The van der Waals surface area contributed by atoms with Gasteiger partial charge in [0.25, 0.3) is 5.91 Å². The van der Waals surface area contributed by atoms with Gasteiger partial charge >= 0.3 is 6.03 Å². The van der Waals surface area contributed by atoms with Crippen LogP contribution in [0.1, 0.15) is 19.3 Å². The lowest BCUT2D eigenvalue weighted by Gasteiger charge is -2.38. The molecule has 1 aromatic carbocycles. The minimum absolute atomic E-state index is 0.0423. The molecule has 0 aromatic heterocycles. The SMILES string of the molecule is CN(C)C(=O)N1CCC(N(CCNC(=O)COc2ccc(F)cc2)C2CCOCC2)C1. The zero-order valence-corrected chi connectivity index (χ0v) is 18.4. The second kappa shape index (κ2) is 11.3. The average molecular weight is 437 g/mol. The fraction of sp³-hybridized carbons (Fsp3) is 0.636. The number of carbonyl (C=O) groups excluding carboxylic acids is 2. The van der Waals surface area contributed by atoms with Crippen molar-refractivity contribution in [3.8, 4) is 5.75 Å². The largest absolute Gasteiger partial charge is 0.484 e. The van der Waals surface area contributed by atoms with E-state index in [4.69, 9.17) is 9.47 Å². The molecule has 8 nitrogen and oxygen atoms in total. The van der Waals surface area contributed by atoms with Gasteiger partial charge in [-0.05, 0) is 43.5 Å². The van der Waals surface area contributed by atoms with Crippen LogP contribution in [-0.4, -0.2) is 98.8 Å². The van der Waals surface area contributed by atoms with Crippen LogP contribution in [-0.2, 0) is 9.53 Å². The van der Waals surface area contributed by atoms with Crippen molar-refractivity contribution in [2.24, 2.45) is 0 Å². The molecule has 0 spiro atoms. The van der Waals surface area contributed by atoms with Crippen LogP contribution in [0.25, 0.3) is 0 Å². The third-order valence-corrected chi connectivity index (χ3v) is 5.82. The maximum Gasteiger partial charge on any atom is 0.319 e. The zero-order valence-electron chi connectivity index (χ0n) is 18.4. The van der Waals surface area contributed by atoms with Crippen LogP contribution >= 0.6 is 0 Å². The summed E-state index contributed by atoms with van der Waals surface area (Å²) in [4.78, 5) is 30.4. The van der Waals surface area contributed by atoms with Gasteiger partial charge in [-0.1, -0.05) is 0 Å². The van der Waals surface area contributed by atoms with Crippen LogP contribution in [0, 0.1) is 5.82 Å². The van der Waals surface area contributed by atoms with E-state index in [1.807, 2.05) is 4.90 Å². The number of nitrogens with one attached hydrogen (secondary N) is 1. The first-order valence-electron chi connectivity index (χ1n) is 10.9. The van der Waals surface area contributed by atoms with E-state index in [0.717, 1.165) is 39.0 Å². The topological polar surface area (TPSA) is 74.4 Å². The van der Waals surface area contributed by atoms with Crippen molar-refractivity contribution in [3.63, 3.8) is 0 Å². The Morgan fingerprint density at radius 3 is 2.55 bits per heavy atom. The summed E-state index contributed by atoms with van der Waals surface area (Å²) in [7, 11) is 3.55. The number of halogens is 1. The Balaban J connectivity index is 1.49. The van der Waals surface area contributed by atoms with Gasteiger partial charge in [-0.15, -0.1) is 0 Å². The lowest BCUT2D eigenvalue weighted by molar-refractivity contribution is -0.123. The molecule has 1 atom stereocenters. The highest BCUT2D eigenvalue weighted by atomic mass is 19.1. The highest BCUT2D eigenvalue weighted by Crippen LogP contribution is 2.23. The molecule has 1 aromatic rings. The monoisotopic (exact) mass is 436 g/mol. The molecule has 0 saturated carbocycles. The van der Waals surface area contributed by atoms with Gasteiger partial charge in [0.15, 0.2) is 6.61 Å². The number of carbonyl (C=O) groups is 2. The minimum atomic E-state index is -0.345. The van der Waals surface area contributed by atoms with E-state index in [9.17, 15) is 14.0 Å². The van der Waals surface area contributed by atoms with E-state index in [0.29, 0.717) is 31.4 Å². The van der Waals surface area contributed by atoms with Crippen molar-refractivity contribution in [2.75, 3.05) is 60.1 Å². The summed E-state index contributed by atoms with van der Waals surface area (Å²) < 4.78 is 23.9. The van der Waals surface area contributed by atoms with Crippen LogP contribution in [0.2, 0.25) is 0 Å². The summed E-state index contributed by atoms with van der Waals surface area (Å²) in [6.45, 7) is 4.04. The molecule has 172 valence electrons. The van der Waals surface area contributed by atoms with Crippen LogP contribution < -0.4 is 10.1 Å². The number of rotatable bonds is 8. The molecule has 2 fully saturated rings. The molecular formula is C22H33FN4O4. The van der Waals surface area contributed by atoms with Crippen LogP contribution in [0.4, 0.5) is 9.18 Å². The predicted octanol–water partition coefficient (Wildman–Crippen LogP) is 1.56. The smallest absolute Gasteiger partial charge is 0.319 e. The molecule has 3 amide bonds. The van der Waals surface area contributed by atoms with E-state index in [-0.39, 0.29) is 30.4 Å². The van der Waals surface area contributed by atoms with E-state index in [2.05, 4.69) is 10.2 Å². The number of likely N-dealkylation sites (tertiary alicyclic amines) is 1. The first-order valence-corrected chi connectivity index (χ1v) is 10.9. The number of hydrogen-bond donors (Lipinski definition) is 1. The number of hydrogen-bond acceptors (Lipinski definition) is 5. The molecule has 2 aliphatic rings. The molecule has 2 saturated heterocycles. The minimum Gasteiger partial charge on any atom is -0.484 e. The molecule has 3 rings (SSSR count). The van der Waals surface area contributed by atoms with Crippen LogP contribution in [0.3, 0.4) is 0 Å². The third kappa shape index (κ3) is 6.80. The van der Waals surface area contributed by atoms with Gasteiger partial charge in [0.05, 0.1) is 0 Å². The Morgan fingerprint density at radius 2 is 1.87 bits per heavy atom. The van der Waals surface area contributed by atoms with Gasteiger partial charge in [0, 0.05) is 65.6 Å². The number of ether oxygens (including phenoxy) is 2. The summed E-state index contributed by atoms with van der Waals surface area (Å²) in [5.74, 6) is -0.105. The fourth-order valence-electron chi connectivity index (χ4n) is 4.20. The van der Waals surface area contributed by atoms with Gasteiger partial charge in [-0.3, -0.25) is 9.69 Å². The maximum absolute atomic E-state index is 12.9. The van der Waals surface area contributed by atoms with Gasteiger partial charge < -0.3 is 24.6 Å². The van der Waals surface area contributed by atoms with Gasteiger partial charge in [0.2, 0.25) is 0 Å². The summed E-state index contributed by atoms with van der Waals surface area (Å²) in [6.07, 6.45) is 2.85. The van der Waals surface area contributed by atoms with E-state index >= 15 is 0 Å². The number of nitrogens with zero attached hydrogens (tertiary/aromatic N) is 3. The number of benzene rings is 1. The summed E-state index contributed by atoms with van der Waals surface area (Å²) >= 11 is 0. The first-order chi connectivity index (χ1) is 14.9. The summed E-state index contributed by atoms with van der Waals surface area (Å²) in [5.41, 5.74) is 0. The maximum atomic E-state index is 12.9. The summed E-state index contributed by atoms with van der Waals surface area (Å²) in [5, 5.41) is 2.91. The average Bonchev–Trinajstić information content (AvgIpc) is 3.26. The lowest BCUT2D eigenvalue weighted by Crippen LogP contribution is -2.50. The van der Waals surface area contributed by atoms with Crippen molar-refractivity contribution < 1.29 is 23.5 Å². The molecule has 0 bridgehead atoms. The molecular weight excluding hydrogens is 403 g/mol. The van der Waals surface area contributed by atoms with Crippen molar-refractivity contribution >= 4 is 11.9 Å². The standard InChI is InChI=1S/C22H33FN4O4/c1-25(2)22(29)26-11-7-19(15-26)27(18-8-13-30-14-9-18)12-10-24-21(28)16-31-20-5-3-17(23)4-6-20/h3-6,18-19H,7-16H2,1-2H3,(H,24,28). The summed E-state index contributed by atoms with van der Waals surface area (Å²) in [6, 6.07) is 6.29. The quantitative estimate of drug-likeness (QED) is 0.670. The van der Waals surface area contributed by atoms with Crippen molar-refractivity contribution in [3.05, 3.63) is 30.1 Å². The fourth-order valence-corrected chi connectivity index (χ4v) is 4.20. The lowest BCUT2D eigenvalue weighted by atomic mass is 10.0. The molecule has 1 N–H and O–H groups in total. The Morgan fingerprint density at radius 1 is 1.16 bits per heavy atom.